The minimum Gasteiger partial charge on any atom is -0.497 e. The number of rotatable bonds is 6. The number of H-pyrrole nitrogens is 1. The highest BCUT2D eigenvalue weighted by Gasteiger charge is 2.19. The molecule has 1 amide bonds. The molecule has 0 radical (unpaired) electrons. The van der Waals surface area contributed by atoms with E-state index in [9.17, 15) is 9.59 Å². The van der Waals surface area contributed by atoms with Crippen LogP contribution in [-0.2, 0) is 13.1 Å². The molecule has 0 bridgehead atoms. The first-order valence-electron chi connectivity index (χ1n) is 10.2. The summed E-state index contributed by atoms with van der Waals surface area (Å²) in [6.07, 6.45) is 0. The lowest BCUT2D eigenvalue weighted by atomic mass is 10.1. The fraction of sp³-hybridized carbons (Fsp3) is 0.154. The van der Waals surface area contributed by atoms with Gasteiger partial charge in [-0.25, -0.2) is 0 Å². The van der Waals surface area contributed by atoms with Crippen molar-refractivity contribution in [1.29, 1.82) is 0 Å². The van der Waals surface area contributed by atoms with E-state index in [4.69, 9.17) is 16.3 Å². The van der Waals surface area contributed by atoms with Crippen molar-refractivity contribution in [2.75, 3.05) is 7.11 Å². The molecule has 4 rings (SSSR count). The zero-order valence-corrected chi connectivity index (χ0v) is 18.6. The van der Waals surface area contributed by atoms with Crippen LogP contribution in [-0.4, -0.2) is 22.9 Å². The van der Waals surface area contributed by atoms with E-state index in [1.54, 1.807) is 42.3 Å². The Hall–Kier alpha value is -3.57. The lowest BCUT2D eigenvalue weighted by Crippen LogP contribution is -2.32. The number of aryl methyl sites for hydroxylation is 1. The predicted octanol–water partition coefficient (Wildman–Crippen LogP) is 5.34. The Morgan fingerprint density at radius 3 is 2.38 bits per heavy atom. The molecule has 0 saturated heterocycles. The first-order chi connectivity index (χ1) is 15.4. The number of nitrogens with zero attached hydrogens (tertiary/aromatic N) is 1. The van der Waals surface area contributed by atoms with Gasteiger partial charge in [-0.1, -0.05) is 41.4 Å². The Bertz CT molecular complexity index is 1310. The predicted molar refractivity (Wildman–Crippen MR) is 127 cm³/mol. The van der Waals surface area contributed by atoms with Gasteiger partial charge in [0.1, 0.15) is 5.75 Å². The second kappa shape index (κ2) is 9.28. The van der Waals surface area contributed by atoms with Gasteiger partial charge in [0.25, 0.3) is 11.5 Å². The molecule has 0 aliphatic heterocycles. The molecule has 0 aliphatic rings. The number of pyridine rings is 1. The molecule has 1 aromatic heterocycles. The molecule has 3 aromatic carbocycles. The van der Waals surface area contributed by atoms with Gasteiger partial charge >= 0.3 is 0 Å². The Morgan fingerprint density at radius 1 is 0.969 bits per heavy atom. The summed E-state index contributed by atoms with van der Waals surface area (Å²) in [6.45, 7) is 2.55. The van der Waals surface area contributed by atoms with E-state index in [1.165, 1.54) is 0 Å². The van der Waals surface area contributed by atoms with Crippen LogP contribution >= 0.6 is 11.6 Å². The number of carbonyl (C=O) groups is 1. The van der Waals surface area contributed by atoms with E-state index >= 15 is 0 Å². The summed E-state index contributed by atoms with van der Waals surface area (Å²) < 4.78 is 5.30. The molecule has 0 aliphatic carbocycles. The molecular formula is C26H23ClN2O3. The van der Waals surface area contributed by atoms with Crippen LogP contribution in [0.15, 0.2) is 77.6 Å². The first kappa shape index (κ1) is 21.7. The first-order valence-corrected chi connectivity index (χ1v) is 10.6. The lowest BCUT2D eigenvalue weighted by molar-refractivity contribution is 0.0729. The van der Waals surface area contributed by atoms with Crippen molar-refractivity contribution < 1.29 is 9.53 Å². The summed E-state index contributed by atoms with van der Waals surface area (Å²) in [4.78, 5) is 30.7. The number of aromatic amines is 1. The third kappa shape index (κ3) is 4.84. The largest absolute Gasteiger partial charge is 0.497 e. The summed E-state index contributed by atoms with van der Waals surface area (Å²) in [7, 11) is 1.60. The van der Waals surface area contributed by atoms with Gasteiger partial charge in [-0.2, -0.15) is 0 Å². The second-order valence-corrected chi connectivity index (χ2v) is 8.17. The van der Waals surface area contributed by atoms with Gasteiger partial charge < -0.3 is 14.6 Å². The maximum Gasteiger partial charge on any atom is 0.254 e. The van der Waals surface area contributed by atoms with Crippen molar-refractivity contribution in [2.24, 2.45) is 0 Å². The quantitative estimate of drug-likeness (QED) is 0.434. The third-order valence-electron chi connectivity index (χ3n) is 5.36. The third-order valence-corrected chi connectivity index (χ3v) is 5.61. The van der Waals surface area contributed by atoms with E-state index in [2.05, 4.69) is 4.98 Å². The summed E-state index contributed by atoms with van der Waals surface area (Å²) >= 11 is 5.99. The van der Waals surface area contributed by atoms with Gasteiger partial charge in [-0.15, -0.1) is 0 Å². The zero-order valence-electron chi connectivity index (χ0n) is 17.9. The van der Waals surface area contributed by atoms with E-state index in [-0.39, 0.29) is 18.0 Å². The Kier molecular flexibility index (Phi) is 6.28. The van der Waals surface area contributed by atoms with Crippen molar-refractivity contribution in [3.05, 3.63) is 110 Å². The van der Waals surface area contributed by atoms with E-state index < -0.39 is 0 Å². The SMILES string of the molecule is COc1ccc2[nH]c(=O)c(CN(Cc3ccc(C)cc3)C(=O)c3ccc(Cl)cc3)cc2c1. The average molecular weight is 447 g/mol. The lowest BCUT2D eigenvalue weighted by Gasteiger charge is -2.23. The maximum absolute atomic E-state index is 13.4. The summed E-state index contributed by atoms with van der Waals surface area (Å²) in [6, 6.07) is 22.1. The Morgan fingerprint density at radius 2 is 1.69 bits per heavy atom. The van der Waals surface area contributed by atoms with Crippen LogP contribution in [0.25, 0.3) is 10.9 Å². The van der Waals surface area contributed by atoms with Crippen molar-refractivity contribution in [3.63, 3.8) is 0 Å². The molecule has 5 nitrogen and oxygen atoms in total. The zero-order chi connectivity index (χ0) is 22.7. The summed E-state index contributed by atoms with van der Waals surface area (Å²) in [5, 5.41) is 1.40. The van der Waals surface area contributed by atoms with Crippen LogP contribution in [0, 0.1) is 6.92 Å². The van der Waals surface area contributed by atoms with Gasteiger partial charge in [-0.3, -0.25) is 9.59 Å². The fourth-order valence-corrected chi connectivity index (χ4v) is 3.69. The second-order valence-electron chi connectivity index (χ2n) is 7.73. The number of aromatic nitrogens is 1. The minimum absolute atomic E-state index is 0.165. The number of hydrogen-bond acceptors (Lipinski definition) is 3. The van der Waals surface area contributed by atoms with Gasteiger partial charge in [0.15, 0.2) is 0 Å². The summed E-state index contributed by atoms with van der Waals surface area (Å²) in [5.74, 6) is 0.525. The normalized spacial score (nSPS) is 10.8. The number of amides is 1. The molecule has 0 atom stereocenters. The van der Waals surface area contributed by atoms with Crippen LogP contribution in [0.5, 0.6) is 5.75 Å². The van der Waals surface area contributed by atoms with Crippen LogP contribution in [0.4, 0.5) is 0 Å². The number of ether oxygens (including phenoxy) is 1. The van der Waals surface area contributed by atoms with Gasteiger partial charge in [0, 0.05) is 33.6 Å². The Labute approximate surface area is 191 Å². The molecule has 32 heavy (non-hydrogen) atoms. The average Bonchev–Trinajstić information content (AvgIpc) is 2.80. The molecule has 1 heterocycles. The number of hydrogen-bond donors (Lipinski definition) is 1. The van der Waals surface area contributed by atoms with E-state index in [0.717, 1.165) is 16.5 Å². The van der Waals surface area contributed by atoms with Crippen LogP contribution in [0.2, 0.25) is 5.02 Å². The van der Waals surface area contributed by atoms with Gasteiger partial charge in [0.2, 0.25) is 0 Å². The standard InChI is InChI=1S/C26H23ClN2O3/c1-17-3-5-18(6-4-17)15-29(26(31)19-7-9-22(27)10-8-19)16-21-13-20-14-23(32-2)11-12-24(20)28-25(21)30/h3-14H,15-16H2,1-2H3,(H,28,30). The maximum atomic E-state index is 13.4. The van der Waals surface area contributed by atoms with Crippen molar-refractivity contribution in [1.82, 2.24) is 9.88 Å². The van der Waals surface area contributed by atoms with E-state index in [1.807, 2.05) is 49.4 Å². The molecule has 1 N–H and O–H groups in total. The number of halogens is 1. The molecule has 0 unspecified atom stereocenters. The van der Waals surface area contributed by atoms with Crippen molar-refractivity contribution in [2.45, 2.75) is 20.0 Å². The highest BCUT2D eigenvalue weighted by Crippen LogP contribution is 2.21. The smallest absolute Gasteiger partial charge is 0.254 e. The number of benzene rings is 3. The monoisotopic (exact) mass is 446 g/mol. The topological polar surface area (TPSA) is 62.4 Å². The highest BCUT2D eigenvalue weighted by atomic mass is 35.5. The molecule has 0 spiro atoms. The minimum atomic E-state index is -0.222. The molecular weight excluding hydrogens is 424 g/mol. The van der Waals surface area contributed by atoms with E-state index in [0.29, 0.717) is 34.0 Å². The van der Waals surface area contributed by atoms with Crippen molar-refractivity contribution >= 4 is 28.4 Å². The van der Waals surface area contributed by atoms with Crippen molar-refractivity contribution in [3.8, 4) is 5.75 Å². The molecule has 162 valence electrons. The van der Waals surface area contributed by atoms with Crippen LogP contribution in [0.3, 0.4) is 0 Å². The van der Waals surface area contributed by atoms with Crippen LogP contribution < -0.4 is 10.3 Å². The molecule has 4 aromatic rings. The Balaban J connectivity index is 1.71. The molecule has 0 fully saturated rings. The summed E-state index contributed by atoms with van der Waals surface area (Å²) in [5.41, 5.74) is 3.63. The highest BCUT2D eigenvalue weighted by molar-refractivity contribution is 6.30. The number of fused-ring (bicyclic) bond motifs is 1. The van der Waals surface area contributed by atoms with Crippen LogP contribution in [0.1, 0.15) is 27.0 Å². The molecule has 0 saturated carbocycles. The molecule has 6 heteroatoms. The number of carbonyl (C=O) groups excluding carboxylic acids is 1. The van der Waals surface area contributed by atoms with Gasteiger partial charge in [-0.05, 0) is 61.0 Å². The number of nitrogens with one attached hydrogen (secondary N) is 1. The number of methoxy groups -OCH3 is 1. The van der Waals surface area contributed by atoms with Gasteiger partial charge in [0.05, 0.1) is 13.7 Å². The fourth-order valence-electron chi connectivity index (χ4n) is 3.57.